The first kappa shape index (κ1) is 19.0. The number of aromatic nitrogens is 1. The van der Waals surface area contributed by atoms with Crippen molar-refractivity contribution in [2.24, 2.45) is 0 Å². The molecule has 1 heterocycles. The van der Waals surface area contributed by atoms with Crippen molar-refractivity contribution < 1.29 is 0 Å². The number of fused-ring (bicyclic) bond motifs is 3. The molecule has 4 rings (SSSR count). The fourth-order valence-electron chi connectivity index (χ4n) is 3.84. The molecule has 0 atom stereocenters. The smallest absolute Gasteiger partial charge is 0.0711 e. The van der Waals surface area contributed by atoms with Crippen LogP contribution in [0.4, 0.5) is 0 Å². The highest BCUT2D eigenvalue weighted by atomic mass is 28.1. The molecular weight excluding hydrogens is 354 g/mol. The van der Waals surface area contributed by atoms with Gasteiger partial charge in [0.2, 0.25) is 0 Å². The second-order valence-corrected chi connectivity index (χ2v) is 10.4. The SMILES string of the molecule is CC(C)(C)c1ccc2c3ccc(C(C)(C)C)cc3n(-c3ccc([Si])cc3)c2c1. The highest BCUT2D eigenvalue weighted by molar-refractivity contribution is 6.32. The van der Waals surface area contributed by atoms with Crippen LogP contribution < -0.4 is 5.19 Å². The van der Waals surface area contributed by atoms with Gasteiger partial charge in [0.05, 0.1) is 21.3 Å². The van der Waals surface area contributed by atoms with Crippen molar-refractivity contribution >= 4 is 37.2 Å². The predicted octanol–water partition coefficient (Wildman–Crippen LogP) is 6.17. The van der Waals surface area contributed by atoms with Gasteiger partial charge in [-0.3, -0.25) is 0 Å². The standard InChI is InChI=1S/C26H28NSi/c1-25(2,3)17-7-13-21-22-14-8-18(26(4,5)6)16-24(22)27(23(21)15-17)19-9-11-20(28)12-10-19/h7-16H,1-6H3. The van der Waals surface area contributed by atoms with Crippen LogP contribution in [-0.4, -0.2) is 14.8 Å². The van der Waals surface area contributed by atoms with Crippen molar-refractivity contribution in [2.75, 3.05) is 0 Å². The Bertz CT molecular complexity index is 1090. The lowest BCUT2D eigenvalue weighted by atomic mass is 9.86. The Balaban J connectivity index is 2.13. The van der Waals surface area contributed by atoms with E-state index in [1.807, 2.05) is 0 Å². The maximum Gasteiger partial charge on any atom is 0.0711 e. The number of hydrogen-bond acceptors (Lipinski definition) is 0. The van der Waals surface area contributed by atoms with Crippen LogP contribution >= 0.6 is 0 Å². The quantitative estimate of drug-likeness (QED) is 0.347. The number of rotatable bonds is 1. The minimum absolute atomic E-state index is 0.117. The van der Waals surface area contributed by atoms with Gasteiger partial charge in [0.1, 0.15) is 0 Å². The summed E-state index contributed by atoms with van der Waals surface area (Å²) < 4.78 is 2.42. The summed E-state index contributed by atoms with van der Waals surface area (Å²) in [5, 5.41) is 3.71. The van der Waals surface area contributed by atoms with Crippen molar-refractivity contribution in [3.05, 3.63) is 71.8 Å². The molecule has 0 saturated heterocycles. The van der Waals surface area contributed by atoms with Crippen LogP contribution in [0, 0.1) is 0 Å². The molecule has 0 aliphatic heterocycles. The van der Waals surface area contributed by atoms with E-state index in [1.54, 1.807) is 0 Å². The van der Waals surface area contributed by atoms with E-state index in [-0.39, 0.29) is 10.8 Å². The van der Waals surface area contributed by atoms with Gasteiger partial charge in [0.25, 0.3) is 0 Å². The molecule has 0 bridgehead atoms. The molecule has 1 aromatic heterocycles. The Morgan fingerprint density at radius 2 is 1.04 bits per heavy atom. The minimum Gasteiger partial charge on any atom is -0.309 e. The first-order chi connectivity index (χ1) is 13.1. The molecule has 0 unspecified atom stereocenters. The summed E-state index contributed by atoms with van der Waals surface area (Å²) in [6, 6.07) is 22.5. The van der Waals surface area contributed by atoms with Gasteiger partial charge in [-0.15, -0.1) is 0 Å². The van der Waals surface area contributed by atoms with E-state index in [4.69, 9.17) is 0 Å². The first-order valence-electron chi connectivity index (χ1n) is 9.97. The number of hydrogen-bond donors (Lipinski definition) is 0. The zero-order valence-electron chi connectivity index (χ0n) is 17.7. The largest absolute Gasteiger partial charge is 0.309 e. The molecule has 28 heavy (non-hydrogen) atoms. The molecule has 3 aromatic carbocycles. The summed E-state index contributed by atoms with van der Waals surface area (Å²) in [6.45, 7) is 13.7. The van der Waals surface area contributed by atoms with Gasteiger partial charge >= 0.3 is 0 Å². The average molecular weight is 383 g/mol. The third-order valence-electron chi connectivity index (χ3n) is 5.62. The molecule has 4 aromatic rings. The maximum atomic E-state index is 3.63. The third kappa shape index (κ3) is 3.20. The van der Waals surface area contributed by atoms with E-state index in [1.165, 1.54) is 38.6 Å². The van der Waals surface area contributed by atoms with Crippen molar-refractivity contribution in [3.63, 3.8) is 0 Å². The molecule has 0 fully saturated rings. The summed E-state index contributed by atoms with van der Waals surface area (Å²) in [5.41, 5.74) is 6.69. The van der Waals surface area contributed by atoms with E-state index < -0.39 is 0 Å². The van der Waals surface area contributed by atoms with Crippen LogP contribution in [0.2, 0.25) is 0 Å². The summed E-state index contributed by atoms with van der Waals surface area (Å²) in [4.78, 5) is 0. The zero-order valence-corrected chi connectivity index (χ0v) is 18.7. The fraction of sp³-hybridized carbons (Fsp3) is 0.308. The van der Waals surface area contributed by atoms with Crippen LogP contribution in [0.1, 0.15) is 52.7 Å². The Labute approximate surface area is 171 Å². The Morgan fingerprint density at radius 3 is 1.43 bits per heavy atom. The fourth-order valence-corrected chi connectivity index (χ4v) is 4.01. The molecule has 2 heteroatoms. The highest BCUT2D eigenvalue weighted by Gasteiger charge is 2.20. The molecular formula is C26H28NSi. The van der Waals surface area contributed by atoms with Crippen molar-refractivity contribution in [3.8, 4) is 5.69 Å². The van der Waals surface area contributed by atoms with Crippen molar-refractivity contribution in [2.45, 2.75) is 52.4 Å². The van der Waals surface area contributed by atoms with Crippen LogP contribution in [-0.2, 0) is 10.8 Å². The van der Waals surface area contributed by atoms with Crippen molar-refractivity contribution in [1.29, 1.82) is 0 Å². The maximum absolute atomic E-state index is 3.63. The molecule has 0 saturated carbocycles. The van der Waals surface area contributed by atoms with Crippen LogP contribution in [0.5, 0.6) is 0 Å². The molecule has 141 valence electrons. The van der Waals surface area contributed by atoms with E-state index in [0.29, 0.717) is 0 Å². The second-order valence-electron chi connectivity index (χ2n) is 9.85. The Hall–Kier alpha value is -2.32. The van der Waals surface area contributed by atoms with Crippen molar-refractivity contribution in [1.82, 2.24) is 4.57 Å². The van der Waals surface area contributed by atoms with Gasteiger partial charge in [0.15, 0.2) is 0 Å². The van der Waals surface area contributed by atoms with Gasteiger partial charge in [-0.25, -0.2) is 0 Å². The van der Waals surface area contributed by atoms with Gasteiger partial charge < -0.3 is 4.57 Å². The summed E-state index contributed by atoms with van der Waals surface area (Å²) in [6.07, 6.45) is 0. The van der Waals surface area contributed by atoms with E-state index >= 15 is 0 Å². The Kier molecular flexibility index (Phi) is 4.31. The molecule has 1 nitrogen and oxygen atoms in total. The molecule has 0 amide bonds. The van der Waals surface area contributed by atoms with Gasteiger partial charge in [-0.2, -0.15) is 0 Å². The molecule has 0 spiro atoms. The summed E-state index contributed by atoms with van der Waals surface area (Å²) in [5.74, 6) is 0. The van der Waals surface area contributed by atoms with Gasteiger partial charge in [-0.05, 0) is 46.2 Å². The normalized spacial score (nSPS) is 12.8. The summed E-state index contributed by atoms with van der Waals surface area (Å²) >= 11 is 0. The zero-order chi connectivity index (χ0) is 20.3. The second kappa shape index (κ2) is 6.35. The lowest BCUT2D eigenvalue weighted by Gasteiger charge is -2.20. The van der Waals surface area contributed by atoms with Gasteiger partial charge in [-0.1, -0.05) is 83.1 Å². The Morgan fingerprint density at radius 1 is 0.607 bits per heavy atom. The minimum atomic E-state index is 0.117. The summed E-state index contributed by atoms with van der Waals surface area (Å²) in [7, 11) is 3.63. The van der Waals surface area contributed by atoms with Gasteiger partial charge in [0, 0.05) is 16.5 Å². The average Bonchev–Trinajstić information content (AvgIpc) is 2.94. The van der Waals surface area contributed by atoms with E-state index in [0.717, 1.165) is 5.19 Å². The van der Waals surface area contributed by atoms with Crippen LogP contribution in [0.15, 0.2) is 60.7 Å². The lowest BCUT2D eigenvalue weighted by Crippen LogP contribution is -2.11. The highest BCUT2D eigenvalue weighted by Crippen LogP contribution is 2.37. The lowest BCUT2D eigenvalue weighted by molar-refractivity contribution is 0.591. The predicted molar refractivity (Wildman–Crippen MR) is 124 cm³/mol. The van der Waals surface area contributed by atoms with E-state index in [2.05, 4.69) is 117 Å². The number of nitrogens with zero attached hydrogens (tertiary/aromatic N) is 1. The number of benzene rings is 3. The molecule has 0 aliphatic carbocycles. The topological polar surface area (TPSA) is 4.93 Å². The molecule has 0 aliphatic rings. The monoisotopic (exact) mass is 382 g/mol. The van der Waals surface area contributed by atoms with Crippen LogP contribution in [0.3, 0.4) is 0 Å². The third-order valence-corrected chi connectivity index (χ3v) is 5.96. The molecule has 3 radical (unpaired) electrons. The first-order valence-corrected chi connectivity index (χ1v) is 10.5. The molecule has 0 N–H and O–H groups in total. The van der Waals surface area contributed by atoms with E-state index in [9.17, 15) is 0 Å². The van der Waals surface area contributed by atoms with Crippen LogP contribution in [0.25, 0.3) is 27.5 Å².